The molecular formula is C61H66N24O4. The van der Waals surface area contributed by atoms with E-state index in [1.165, 1.54) is 6.20 Å². The molecule has 28 heteroatoms. The molecule has 454 valence electrons. The van der Waals surface area contributed by atoms with E-state index in [2.05, 4.69) is 129 Å². The first-order valence-corrected chi connectivity index (χ1v) is 28.8. The van der Waals surface area contributed by atoms with E-state index in [4.69, 9.17) is 0 Å². The Labute approximate surface area is 513 Å². The number of likely N-dealkylation sites (N-methyl/N-ethyl adjacent to an activating group) is 2. The van der Waals surface area contributed by atoms with Crippen LogP contribution in [0.1, 0.15) is 55.5 Å². The average Bonchev–Trinajstić information content (AvgIpc) is 3.73. The summed E-state index contributed by atoms with van der Waals surface area (Å²) in [6.45, 7) is 17.3. The molecule has 3 aliphatic heterocycles. The van der Waals surface area contributed by atoms with E-state index in [1.807, 2.05) is 29.2 Å². The second-order valence-electron chi connectivity index (χ2n) is 20.9. The molecule has 0 spiro atoms. The maximum absolute atomic E-state index is 12.7. The fraction of sp³-hybridized carbons (Fsp3) is 0.295. The van der Waals surface area contributed by atoms with Crippen molar-refractivity contribution >= 4 is 58.9 Å². The number of hydrogen-bond acceptors (Lipinski definition) is 24. The number of rotatable bonds is 12. The van der Waals surface area contributed by atoms with Gasteiger partial charge in [0, 0.05) is 146 Å². The van der Waals surface area contributed by atoms with Crippen LogP contribution < -0.4 is 30.7 Å². The summed E-state index contributed by atoms with van der Waals surface area (Å²) in [5, 5.41) is 8.17. The standard InChI is InChI=1S/C21H22N8O2.2C20H22N8O/c1-14-24-19(17-5-3-4-8-22-17)26-21(25-14)27-20(31)16-6-7-18(23-13-16)29-11-9-28(10-12-29)15(2)30;1-14-23-18(15-5-7-21-8-6-15)25-20(24-14)26-19(29)16-3-4-17(22-13-16)28-11-9-27(2)10-12-28;1-14-23-18(15-4-3-7-21-12-15)25-20(24-14)26-19(29)16-5-6-17(22-13-16)28-10-8-27(2)9-11-28/h3-8,13H,9-12H2,1-2H3,(H,24,25,26,27,31);3-8,13H,9-12H2,1-2H3,(H,23,24,25,26,29);3-7,12-13H,8-11H2,1-2H3,(H,23,24,25,26,29). The van der Waals surface area contributed by atoms with Crippen LogP contribution in [-0.4, -0.2) is 206 Å². The molecule has 12 heterocycles. The fourth-order valence-electron chi connectivity index (χ4n) is 9.44. The van der Waals surface area contributed by atoms with E-state index in [0.717, 1.165) is 80.9 Å². The van der Waals surface area contributed by atoms with Crippen LogP contribution in [-0.2, 0) is 4.79 Å². The topological polar surface area (TPSA) is 317 Å². The molecule has 12 rings (SSSR count). The molecular weight excluding hydrogens is 1130 g/mol. The zero-order valence-electron chi connectivity index (χ0n) is 50.1. The van der Waals surface area contributed by atoms with Gasteiger partial charge in [-0.15, -0.1) is 0 Å². The van der Waals surface area contributed by atoms with Crippen molar-refractivity contribution < 1.29 is 19.2 Å². The third-order valence-electron chi connectivity index (χ3n) is 14.4. The van der Waals surface area contributed by atoms with E-state index >= 15 is 0 Å². The van der Waals surface area contributed by atoms with Gasteiger partial charge in [-0.1, -0.05) is 6.07 Å². The van der Waals surface area contributed by atoms with Crippen LogP contribution in [0.25, 0.3) is 34.3 Å². The fourth-order valence-corrected chi connectivity index (χ4v) is 9.44. The number of carbonyl (C=O) groups is 4. The van der Waals surface area contributed by atoms with Crippen molar-refractivity contribution in [1.82, 2.24) is 89.5 Å². The minimum Gasteiger partial charge on any atom is -0.354 e. The Hall–Kier alpha value is -10.9. The van der Waals surface area contributed by atoms with Gasteiger partial charge in [0.15, 0.2) is 17.5 Å². The highest BCUT2D eigenvalue weighted by atomic mass is 16.2. The summed E-state index contributed by atoms with van der Waals surface area (Å²) in [4.78, 5) is 126. The quantitative estimate of drug-likeness (QED) is 0.147. The summed E-state index contributed by atoms with van der Waals surface area (Å²) in [5.41, 5.74) is 3.45. The molecule has 89 heavy (non-hydrogen) atoms. The lowest BCUT2D eigenvalue weighted by molar-refractivity contribution is -0.129. The maximum Gasteiger partial charge on any atom is 0.259 e. The van der Waals surface area contributed by atoms with Crippen molar-refractivity contribution in [1.29, 1.82) is 0 Å². The van der Waals surface area contributed by atoms with E-state index in [1.54, 1.807) is 126 Å². The predicted octanol–water partition coefficient (Wildman–Crippen LogP) is 4.84. The molecule has 0 aliphatic carbocycles. The third-order valence-corrected chi connectivity index (χ3v) is 14.4. The van der Waals surface area contributed by atoms with Crippen molar-refractivity contribution in [2.45, 2.75) is 27.7 Å². The predicted molar refractivity (Wildman–Crippen MR) is 334 cm³/mol. The Bertz CT molecular complexity index is 3690. The monoisotopic (exact) mass is 1200 g/mol. The van der Waals surface area contributed by atoms with Gasteiger partial charge in [-0.25, -0.2) is 29.9 Å². The Morgan fingerprint density at radius 3 is 1.20 bits per heavy atom. The number of aryl methyl sites for hydroxylation is 3. The van der Waals surface area contributed by atoms with Crippen molar-refractivity contribution in [3.05, 3.63) is 163 Å². The highest BCUT2D eigenvalue weighted by Gasteiger charge is 2.22. The van der Waals surface area contributed by atoms with Gasteiger partial charge in [0.25, 0.3) is 17.7 Å². The van der Waals surface area contributed by atoms with Gasteiger partial charge < -0.3 is 29.4 Å². The molecule has 28 nitrogen and oxygen atoms in total. The molecule has 3 aliphatic rings. The molecule has 9 aromatic heterocycles. The minimum absolute atomic E-state index is 0.0828. The normalized spacial score (nSPS) is 14.3. The number of hydrogen-bond donors (Lipinski definition) is 3. The van der Waals surface area contributed by atoms with Crippen LogP contribution in [0.15, 0.2) is 128 Å². The zero-order valence-corrected chi connectivity index (χ0v) is 50.1. The van der Waals surface area contributed by atoms with Gasteiger partial charge in [-0.05, 0) is 108 Å². The lowest BCUT2D eigenvalue weighted by Crippen LogP contribution is -2.48. The first kappa shape index (κ1) is 61.2. The average molecular weight is 1200 g/mol. The molecule has 0 aromatic carbocycles. The van der Waals surface area contributed by atoms with Crippen LogP contribution >= 0.6 is 0 Å². The first-order valence-electron chi connectivity index (χ1n) is 28.8. The van der Waals surface area contributed by atoms with E-state index in [9.17, 15) is 19.2 Å². The molecule has 0 atom stereocenters. The van der Waals surface area contributed by atoms with Crippen molar-refractivity contribution in [3.8, 4) is 34.3 Å². The number of anilines is 6. The molecule has 4 amide bonds. The molecule has 3 N–H and O–H groups in total. The smallest absolute Gasteiger partial charge is 0.259 e. The third kappa shape index (κ3) is 16.8. The summed E-state index contributed by atoms with van der Waals surface area (Å²) in [6.07, 6.45) is 13.0. The highest BCUT2D eigenvalue weighted by Crippen LogP contribution is 2.21. The second-order valence-corrected chi connectivity index (χ2v) is 20.9. The number of amides is 4. The Balaban J connectivity index is 0.000000147. The van der Waals surface area contributed by atoms with Crippen molar-refractivity contribution in [2.24, 2.45) is 0 Å². The van der Waals surface area contributed by atoms with Gasteiger partial charge in [0.2, 0.25) is 23.8 Å². The van der Waals surface area contributed by atoms with Gasteiger partial charge >= 0.3 is 0 Å². The Morgan fingerprint density at radius 2 is 0.809 bits per heavy atom. The summed E-state index contributed by atoms with van der Waals surface area (Å²) in [6, 6.07) is 23.5. The van der Waals surface area contributed by atoms with Crippen LogP contribution in [0.2, 0.25) is 0 Å². The second kappa shape index (κ2) is 29.0. The van der Waals surface area contributed by atoms with Crippen LogP contribution in [0, 0.1) is 20.8 Å². The summed E-state index contributed by atoms with van der Waals surface area (Å²) in [7, 11) is 4.22. The number of nitrogens with one attached hydrogen (secondary N) is 3. The minimum atomic E-state index is -0.363. The number of pyridine rings is 6. The summed E-state index contributed by atoms with van der Waals surface area (Å²) < 4.78 is 0. The Morgan fingerprint density at radius 1 is 0.382 bits per heavy atom. The molecule has 0 saturated carbocycles. The molecule has 9 aromatic rings. The van der Waals surface area contributed by atoms with E-state index in [-0.39, 0.29) is 41.5 Å². The van der Waals surface area contributed by atoms with Crippen LogP contribution in [0.5, 0.6) is 0 Å². The van der Waals surface area contributed by atoms with Gasteiger partial charge in [0.1, 0.15) is 40.6 Å². The van der Waals surface area contributed by atoms with Gasteiger partial charge in [-0.2, -0.15) is 29.9 Å². The maximum atomic E-state index is 12.7. The van der Waals surface area contributed by atoms with Crippen LogP contribution in [0.3, 0.4) is 0 Å². The lowest BCUT2D eigenvalue weighted by Gasteiger charge is -2.34. The highest BCUT2D eigenvalue weighted by molar-refractivity contribution is 6.04. The lowest BCUT2D eigenvalue weighted by atomic mass is 10.2. The summed E-state index contributed by atoms with van der Waals surface area (Å²) in [5.74, 6) is 5.03. The van der Waals surface area contributed by atoms with Crippen molar-refractivity contribution in [2.75, 3.05) is 123 Å². The number of carbonyl (C=O) groups excluding carboxylic acids is 4. The molecule has 3 saturated heterocycles. The van der Waals surface area contributed by atoms with Crippen LogP contribution in [0.4, 0.5) is 35.3 Å². The molecule has 0 unspecified atom stereocenters. The summed E-state index contributed by atoms with van der Waals surface area (Å²) >= 11 is 0. The first-order chi connectivity index (χ1) is 43.2. The SMILES string of the molecule is CC(=O)N1CCN(c2ccc(C(=O)Nc3nc(C)nc(-c4ccccn4)n3)cn2)CC1.Cc1nc(NC(=O)c2ccc(N3CCN(C)CC3)nc2)nc(-c2cccnc2)n1.Cc1nc(NC(=O)c2ccc(N3CCN(C)CC3)nc2)nc(-c2ccncc2)n1. The van der Waals surface area contributed by atoms with E-state index in [0.29, 0.717) is 83.5 Å². The molecule has 3 fully saturated rings. The largest absolute Gasteiger partial charge is 0.354 e. The van der Waals surface area contributed by atoms with Gasteiger partial charge in [-0.3, -0.25) is 50.1 Å². The molecule has 0 radical (unpaired) electrons. The number of nitrogens with zero attached hydrogens (tertiary/aromatic N) is 21. The van der Waals surface area contributed by atoms with Crippen molar-refractivity contribution in [3.63, 3.8) is 0 Å². The number of piperazine rings is 3. The number of aromatic nitrogens is 15. The molecule has 0 bridgehead atoms. The zero-order chi connectivity index (χ0) is 62.2. The van der Waals surface area contributed by atoms with E-state index < -0.39 is 0 Å². The van der Waals surface area contributed by atoms with Gasteiger partial charge in [0.05, 0.1) is 16.7 Å². The Kier molecular flexibility index (Phi) is 20.0.